The Labute approximate surface area is 121 Å². The maximum atomic E-state index is 5.92. The predicted molar refractivity (Wildman–Crippen MR) is 80.1 cm³/mol. The van der Waals surface area contributed by atoms with Crippen molar-refractivity contribution in [3.8, 4) is 0 Å². The number of anilines is 1. The van der Waals surface area contributed by atoms with E-state index in [1.54, 1.807) is 0 Å². The lowest BCUT2D eigenvalue weighted by atomic mass is 10.2. The van der Waals surface area contributed by atoms with Crippen LogP contribution in [0.1, 0.15) is 30.6 Å². The molecule has 19 heavy (non-hydrogen) atoms. The van der Waals surface area contributed by atoms with E-state index in [1.165, 1.54) is 18.5 Å². The van der Waals surface area contributed by atoms with Gasteiger partial charge < -0.3 is 15.6 Å². The lowest BCUT2D eigenvalue weighted by Crippen LogP contribution is -2.23. The molecule has 4 nitrogen and oxygen atoms in total. The molecule has 0 amide bonds. The molecule has 1 aliphatic carbocycles. The zero-order chi connectivity index (χ0) is 13.2. The number of nitrogens with zero attached hydrogens (tertiary/aromatic N) is 2. The minimum atomic E-state index is 0.0948. The SMILES string of the molecule is NCC(Nc1cccc(Br)c1)c1cncn1C1CC1. The molecule has 1 aromatic carbocycles. The molecule has 1 heterocycles. The Hall–Kier alpha value is -1.33. The smallest absolute Gasteiger partial charge is 0.0951 e. The Morgan fingerprint density at radius 3 is 3.00 bits per heavy atom. The molecule has 0 aliphatic heterocycles. The van der Waals surface area contributed by atoms with Gasteiger partial charge in [0.25, 0.3) is 0 Å². The summed E-state index contributed by atoms with van der Waals surface area (Å²) in [5.41, 5.74) is 8.16. The maximum Gasteiger partial charge on any atom is 0.0951 e. The Morgan fingerprint density at radius 2 is 2.32 bits per heavy atom. The highest BCUT2D eigenvalue weighted by Crippen LogP contribution is 2.37. The summed E-state index contributed by atoms with van der Waals surface area (Å²) in [6.07, 6.45) is 6.33. The monoisotopic (exact) mass is 320 g/mol. The summed E-state index contributed by atoms with van der Waals surface area (Å²) in [5, 5.41) is 3.48. The van der Waals surface area contributed by atoms with E-state index in [1.807, 2.05) is 30.7 Å². The van der Waals surface area contributed by atoms with Gasteiger partial charge in [-0.2, -0.15) is 0 Å². The van der Waals surface area contributed by atoms with Gasteiger partial charge >= 0.3 is 0 Å². The second-order valence-electron chi connectivity index (χ2n) is 4.90. The molecule has 0 spiro atoms. The van der Waals surface area contributed by atoms with Crippen molar-refractivity contribution >= 4 is 21.6 Å². The zero-order valence-electron chi connectivity index (χ0n) is 10.6. The van der Waals surface area contributed by atoms with E-state index >= 15 is 0 Å². The molecule has 0 saturated heterocycles. The molecule has 2 aromatic rings. The third-order valence-corrected chi connectivity index (χ3v) is 3.89. The van der Waals surface area contributed by atoms with Gasteiger partial charge in [-0.25, -0.2) is 4.98 Å². The van der Waals surface area contributed by atoms with Gasteiger partial charge in [-0.15, -0.1) is 0 Å². The predicted octanol–water partition coefficient (Wildman–Crippen LogP) is 3.09. The fraction of sp³-hybridized carbons (Fsp3) is 0.357. The van der Waals surface area contributed by atoms with Crippen molar-refractivity contribution < 1.29 is 0 Å². The van der Waals surface area contributed by atoms with Crippen LogP contribution in [0.3, 0.4) is 0 Å². The minimum absolute atomic E-state index is 0.0948. The molecule has 1 unspecified atom stereocenters. The van der Waals surface area contributed by atoms with Crippen LogP contribution in [0.2, 0.25) is 0 Å². The van der Waals surface area contributed by atoms with Gasteiger partial charge in [0, 0.05) is 22.7 Å². The highest BCUT2D eigenvalue weighted by atomic mass is 79.9. The first kappa shape index (κ1) is 12.7. The van der Waals surface area contributed by atoms with Crippen molar-refractivity contribution in [1.82, 2.24) is 9.55 Å². The van der Waals surface area contributed by atoms with Crippen molar-refractivity contribution in [2.75, 3.05) is 11.9 Å². The molecule has 100 valence electrons. The number of imidazole rings is 1. The van der Waals surface area contributed by atoms with Crippen LogP contribution in [-0.2, 0) is 0 Å². The number of nitrogens with two attached hydrogens (primary N) is 1. The summed E-state index contributed by atoms with van der Waals surface area (Å²) in [7, 11) is 0. The molecule has 0 radical (unpaired) electrons. The molecule has 0 bridgehead atoms. The van der Waals surface area contributed by atoms with Crippen molar-refractivity contribution in [2.45, 2.75) is 24.9 Å². The van der Waals surface area contributed by atoms with E-state index in [9.17, 15) is 0 Å². The summed E-state index contributed by atoms with van der Waals surface area (Å²) in [4.78, 5) is 4.27. The number of benzene rings is 1. The summed E-state index contributed by atoms with van der Waals surface area (Å²) in [5.74, 6) is 0. The van der Waals surface area contributed by atoms with Crippen LogP contribution < -0.4 is 11.1 Å². The van der Waals surface area contributed by atoms with E-state index in [4.69, 9.17) is 5.73 Å². The van der Waals surface area contributed by atoms with Gasteiger partial charge in [0.1, 0.15) is 0 Å². The lowest BCUT2D eigenvalue weighted by Gasteiger charge is -2.20. The fourth-order valence-electron chi connectivity index (χ4n) is 2.28. The van der Waals surface area contributed by atoms with Gasteiger partial charge in [-0.05, 0) is 31.0 Å². The number of rotatable bonds is 5. The number of hydrogen-bond donors (Lipinski definition) is 2. The van der Waals surface area contributed by atoms with Crippen LogP contribution in [0.25, 0.3) is 0 Å². The molecule has 5 heteroatoms. The molecule has 3 N–H and O–H groups in total. The molecule has 1 aromatic heterocycles. The van der Waals surface area contributed by atoms with Crippen molar-refractivity contribution in [3.05, 3.63) is 47.0 Å². The average molecular weight is 321 g/mol. The first-order valence-corrected chi connectivity index (χ1v) is 7.31. The Bertz CT molecular complexity index is 562. The largest absolute Gasteiger partial charge is 0.375 e. The lowest BCUT2D eigenvalue weighted by molar-refractivity contribution is 0.642. The van der Waals surface area contributed by atoms with E-state index in [2.05, 4.69) is 36.9 Å². The number of nitrogens with one attached hydrogen (secondary N) is 1. The minimum Gasteiger partial charge on any atom is -0.375 e. The first-order valence-electron chi connectivity index (χ1n) is 6.52. The average Bonchev–Trinajstić information content (AvgIpc) is 3.14. The summed E-state index contributed by atoms with van der Waals surface area (Å²) in [6.45, 7) is 0.547. The van der Waals surface area contributed by atoms with Crippen LogP contribution in [0.5, 0.6) is 0 Å². The Balaban J connectivity index is 1.82. The van der Waals surface area contributed by atoms with Gasteiger partial charge in [0.2, 0.25) is 0 Å². The van der Waals surface area contributed by atoms with E-state index in [-0.39, 0.29) is 6.04 Å². The topological polar surface area (TPSA) is 55.9 Å². The summed E-state index contributed by atoms with van der Waals surface area (Å²) >= 11 is 3.48. The first-order chi connectivity index (χ1) is 9.28. The van der Waals surface area contributed by atoms with Crippen LogP contribution in [0.4, 0.5) is 5.69 Å². The number of halogens is 1. The quantitative estimate of drug-likeness (QED) is 0.890. The molecule has 1 aliphatic rings. The van der Waals surface area contributed by atoms with Crippen LogP contribution in [0.15, 0.2) is 41.3 Å². The van der Waals surface area contributed by atoms with E-state index in [0.29, 0.717) is 12.6 Å². The molecule has 1 atom stereocenters. The standard InChI is InChI=1S/C14H17BrN4/c15-10-2-1-3-11(6-10)18-13(7-16)14-8-17-9-19(14)12-4-5-12/h1-3,6,8-9,12-13,18H,4-5,7,16H2. The zero-order valence-corrected chi connectivity index (χ0v) is 12.2. The van der Waals surface area contributed by atoms with Gasteiger partial charge in [0.15, 0.2) is 0 Å². The van der Waals surface area contributed by atoms with E-state index < -0.39 is 0 Å². The Kier molecular flexibility index (Phi) is 3.57. The van der Waals surface area contributed by atoms with Crippen molar-refractivity contribution in [3.63, 3.8) is 0 Å². The summed E-state index contributed by atoms with van der Waals surface area (Å²) in [6, 6.07) is 8.84. The van der Waals surface area contributed by atoms with E-state index in [0.717, 1.165) is 10.2 Å². The van der Waals surface area contributed by atoms with Crippen LogP contribution in [-0.4, -0.2) is 16.1 Å². The van der Waals surface area contributed by atoms with Crippen molar-refractivity contribution in [2.24, 2.45) is 5.73 Å². The van der Waals surface area contributed by atoms with Crippen molar-refractivity contribution in [1.29, 1.82) is 0 Å². The number of aromatic nitrogens is 2. The molecule has 1 fully saturated rings. The van der Waals surface area contributed by atoms with Crippen LogP contribution in [0, 0.1) is 0 Å². The second-order valence-corrected chi connectivity index (χ2v) is 5.82. The second kappa shape index (κ2) is 5.35. The third kappa shape index (κ3) is 2.82. The third-order valence-electron chi connectivity index (χ3n) is 3.39. The molecule has 3 rings (SSSR count). The molecular weight excluding hydrogens is 304 g/mol. The highest BCUT2D eigenvalue weighted by Gasteiger charge is 2.27. The highest BCUT2D eigenvalue weighted by molar-refractivity contribution is 9.10. The summed E-state index contributed by atoms with van der Waals surface area (Å²) < 4.78 is 3.31. The number of hydrogen-bond acceptors (Lipinski definition) is 3. The Morgan fingerprint density at radius 1 is 1.47 bits per heavy atom. The molecular formula is C14H17BrN4. The molecule has 1 saturated carbocycles. The normalized spacial score (nSPS) is 16.3. The van der Waals surface area contributed by atoms with Gasteiger partial charge in [-0.3, -0.25) is 0 Å². The van der Waals surface area contributed by atoms with Crippen LogP contribution >= 0.6 is 15.9 Å². The van der Waals surface area contributed by atoms with Gasteiger partial charge in [-0.1, -0.05) is 22.0 Å². The fourth-order valence-corrected chi connectivity index (χ4v) is 2.67. The van der Waals surface area contributed by atoms with Gasteiger partial charge in [0.05, 0.1) is 24.3 Å². The maximum absolute atomic E-state index is 5.92.